The Hall–Kier alpha value is -1.33. The first kappa shape index (κ1) is 20.4. The molecule has 1 aliphatic rings. The van der Waals surface area contributed by atoms with Crippen molar-refractivity contribution in [3.63, 3.8) is 0 Å². The van der Waals surface area contributed by atoms with Crippen LogP contribution in [0.15, 0.2) is 12.4 Å². The Morgan fingerprint density at radius 3 is 2.63 bits per heavy atom. The van der Waals surface area contributed by atoms with Crippen molar-refractivity contribution in [2.24, 2.45) is 0 Å². The molecule has 1 aliphatic heterocycles. The van der Waals surface area contributed by atoms with Crippen LogP contribution in [-0.2, 0) is 16.6 Å². The molecule has 0 radical (unpaired) electrons. The van der Waals surface area contributed by atoms with Crippen molar-refractivity contribution >= 4 is 38.9 Å². The normalized spacial score (nSPS) is 16.8. The minimum atomic E-state index is -3.13. The molecule has 1 saturated heterocycles. The summed E-state index contributed by atoms with van der Waals surface area (Å²) in [6.45, 7) is 1.76. The van der Waals surface area contributed by atoms with Gasteiger partial charge in [-0.15, -0.1) is 11.3 Å². The number of rotatable bonds is 6. The number of nitrogens with one attached hydrogen (secondary N) is 1. The van der Waals surface area contributed by atoms with Crippen molar-refractivity contribution < 1.29 is 8.42 Å². The predicted octanol–water partition coefficient (Wildman–Crippen LogP) is 2.15. The molecule has 0 atom stereocenters. The standard InChI is InChI=1S/C16H23ClN6O2S2/c1-22(2)10-14-18-9-13(26-14)15-12(17)8-19-16(21-15)20-11-4-6-23(7-5-11)27(3,24)25/h8-9,11H,4-7,10H2,1-3H3,(H,19,20,21). The van der Waals surface area contributed by atoms with Crippen LogP contribution in [0.2, 0.25) is 5.02 Å². The van der Waals surface area contributed by atoms with E-state index in [0.717, 1.165) is 16.4 Å². The second-order valence-electron chi connectivity index (χ2n) is 6.83. The molecule has 8 nitrogen and oxygen atoms in total. The summed E-state index contributed by atoms with van der Waals surface area (Å²) in [6.07, 6.45) is 6.04. The summed E-state index contributed by atoms with van der Waals surface area (Å²) >= 11 is 7.86. The number of nitrogens with zero attached hydrogens (tertiary/aromatic N) is 5. The van der Waals surface area contributed by atoms with Gasteiger partial charge in [0.05, 0.1) is 22.4 Å². The molecule has 0 saturated carbocycles. The van der Waals surface area contributed by atoms with Gasteiger partial charge in [-0.25, -0.2) is 27.7 Å². The van der Waals surface area contributed by atoms with E-state index in [9.17, 15) is 8.42 Å². The lowest BCUT2D eigenvalue weighted by Gasteiger charge is -2.30. The van der Waals surface area contributed by atoms with Crippen LogP contribution in [0.3, 0.4) is 0 Å². The van der Waals surface area contributed by atoms with E-state index < -0.39 is 10.0 Å². The summed E-state index contributed by atoms with van der Waals surface area (Å²) in [5, 5.41) is 4.77. The van der Waals surface area contributed by atoms with Gasteiger partial charge in [0.2, 0.25) is 16.0 Å². The zero-order valence-corrected chi connectivity index (χ0v) is 17.9. The molecule has 1 fully saturated rings. The number of anilines is 1. The van der Waals surface area contributed by atoms with Crippen molar-refractivity contribution in [2.45, 2.75) is 25.4 Å². The SMILES string of the molecule is CN(C)Cc1ncc(-c2nc(NC3CCN(S(C)(=O)=O)CC3)ncc2Cl)s1. The predicted molar refractivity (Wildman–Crippen MR) is 109 cm³/mol. The highest BCUT2D eigenvalue weighted by atomic mass is 35.5. The highest BCUT2D eigenvalue weighted by Gasteiger charge is 2.25. The molecular formula is C16H23ClN6O2S2. The van der Waals surface area contributed by atoms with Crippen LogP contribution in [0.25, 0.3) is 10.6 Å². The molecule has 0 aliphatic carbocycles. The van der Waals surface area contributed by atoms with E-state index in [1.54, 1.807) is 23.7 Å². The van der Waals surface area contributed by atoms with Crippen molar-refractivity contribution in [3.8, 4) is 10.6 Å². The topological polar surface area (TPSA) is 91.3 Å². The lowest BCUT2D eigenvalue weighted by molar-refractivity contribution is 0.331. The fraction of sp³-hybridized carbons (Fsp3) is 0.562. The van der Waals surface area contributed by atoms with E-state index in [-0.39, 0.29) is 6.04 Å². The lowest BCUT2D eigenvalue weighted by Crippen LogP contribution is -2.42. The van der Waals surface area contributed by atoms with Gasteiger partial charge in [0.15, 0.2) is 0 Å². The third-order valence-corrected chi connectivity index (χ3v) is 6.81. The molecule has 2 aromatic heterocycles. The first-order valence-corrected chi connectivity index (χ1v) is 11.6. The van der Waals surface area contributed by atoms with Gasteiger partial charge in [-0.1, -0.05) is 11.6 Å². The lowest BCUT2D eigenvalue weighted by atomic mass is 10.1. The Labute approximate surface area is 168 Å². The number of piperidine rings is 1. The first-order valence-electron chi connectivity index (χ1n) is 8.56. The first-order chi connectivity index (χ1) is 12.7. The van der Waals surface area contributed by atoms with Crippen molar-refractivity contribution in [1.82, 2.24) is 24.2 Å². The summed E-state index contributed by atoms with van der Waals surface area (Å²) < 4.78 is 24.7. The molecule has 2 aromatic rings. The van der Waals surface area contributed by atoms with Crippen LogP contribution < -0.4 is 5.32 Å². The fourth-order valence-electron chi connectivity index (χ4n) is 2.89. The molecule has 0 bridgehead atoms. The van der Waals surface area contributed by atoms with E-state index >= 15 is 0 Å². The zero-order chi connectivity index (χ0) is 19.6. The number of sulfonamides is 1. The Morgan fingerprint density at radius 2 is 2.00 bits per heavy atom. The van der Waals surface area contributed by atoms with Gasteiger partial charge in [-0.05, 0) is 26.9 Å². The van der Waals surface area contributed by atoms with Gasteiger partial charge in [-0.3, -0.25) is 0 Å². The smallest absolute Gasteiger partial charge is 0.223 e. The zero-order valence-electron chi connectivity index (χ0n) is 15.5. The van der Waals surface area contributed by atoms with Gasteiger partial charge in [-0.2, -0.15) is 0 Å². The monoisotopic (exact) mass is 430 g/mol. The van der Waals surface area contributed by atoms with Crippen molar-refractivity contribution in [2.75, 3.05) is 38.8 Å². The molecule has 27 heavy (non-hydrogen) atoms. The summed E-state index contributed by atoms with van der Waals surface area (Å²) in [4.78, 5) is 16.2. The number of halogens is 1. The van der Waals surface area contributed by atoms with Gasteiger partial charge >= 0.3 is 0 Å². The van der Waals surface area contributed by atoms with Crippen LogP contribution in [0, 0.1) is 0 Å². The fourth-order valence-corrected chi connectivity index (χ4v) is 5.05. The van der Waals surface area contributed by atoms with Gasteiger partial charge < -0.3 is 10.2 Å². The van der Waals surface area contributed by atoms with E-state index in [1.807, 2.05) is 14.1 Å². The van der Waals surface area contributed by atoms with Gasteiger partial charge in [0.1, 0.15) is 10.7 Å². The quantitative estimate of drug-likeness (QED) is 0.750. The number of hydrogen-bond acceptors (Lipinski definition) is 8. The summed E-state index contributed by atoms with van der Waals surface area (Å²) in [6, 6.07) is 0.128. The molecule has 0 aromatic carbocycles. The highest BCUT2D eigenvalue weighted by Crippen LogP contribution is 2.31. The Bertz CT molecular complexity index is 894. The van der Waals surface area contributed by atoms with Crippen LogP contribution in [-0.4, -0.2) is 72.1 Å². The minimum Gasteiger partial charge on any atom is -0.351 e. The van der Waals surface area contributed by atoms with Gasteiger partial charge in [0, 0.05) is 31.9 Å². The minimum absolute atomic E-state index is 0.128. The summed E-state index contributed by atoms with van der Waals surface area (Å²) in [5.41, 5.74) is 0.658. The van der Waals surface area contributed by atoms with Crippen LogP contribution in [0.1, 0.15) is 17.8 Å². The maximum absolute atomic E-state index is 11.6. The maximum Gasteiger partial charge on any atom is 0.223 e. The largest absolute Gasteiger partial charge is 0.351 e. The average molecular weight is 431 g/mol. The van der Waals surface area contributed by atoms with Crippen LogP contribution >= 0.6 is 22.9 Å². The molecule has 3 rings (SSSR count). The molecule has 1 N–H and O–H groups in total. The second-order valence-corrected chi connectivity index (χ2v) is 10.3. The summed E-state index contributed by atoms with van der Waals surface area (Å²) in [5.74, 6) is 0.495. The molecule has 148 valence electrons. The number of thiazole rings is 1. The maximum atomic E-state index is 11.6. The summed E-state index contributed by atoms with van der Waals surface area (Å²) in [7, 11) is 0.863. The van der Waals surface area contributed by atoms with Crippen LogP contribution in [0.4, 0.5) is 5.95 Å². The van der Waals surface area contributed by atoms with Crippen molar-refractivity contribution in [1.29, 1.82) is 0 Å². The molecular weight excluding hydrogens is 408 g/mol. The molecule has 0 amide bonds. The number of aromatic nitrogens is 3. The average Bonchev–Trinajstić information content (AvgIpc) is 3.04. The van der Waals surface area contributed by atoms with Crippen molar-refractivity contribution in [3.05, 3.63) is 22.4 Å². The third kappa shape index (κ3) is 5.35. The highest BCUT2D eigenvalue weighted by molar-refractivity contribution is 7.88. The molecule has 0 spiro atoms. The van der Waals surface area contributed by atoms with Crippen LogP contribution in [0.5, 0.6) is 0 Å². The Morgan fingerprint density at radius 1 is 1.30 bits per heavy atom. The number of hydrogen-bond donors (Lipinski definition) is 1. The second kappa shape index (κ2) is 8.36. The molecule has 3 heterocycles. The third-order valence-electron chi connectivity index (χ3n) is 4.24. The molecule has 11 heteroatoms. The van der Waals surface area contributed by atoms with E-state index in [1.165, 1.54) is 10.6 Å². The van der Waals surface area contributed by atoms with E-state index in [2.05, 4.69) is 25.2 Å². The van der Waals surface area contributed by atoms with E-state index in [0.29, 0.717) is 42.6 Å². The Balaban J connectivity index is 1.70. The Kier molecular flexibility index (Phi) is 6.32. The van der Waals surface area contributed by atoms with Gasteiger partial charge in [0.25, 0.3) is 0 Å². The van der Waals surface area contributed by atoms with E-state index in [4.69, 9.17) is 11.6 Å². The molecule has 0 unspecified atom stereocenters.